The molecule has 0 spiro atoms. The number of hydrogen-bond donors (Lipinski definition) is 1. The maximum absolute atomic E-state index is 14.0. The second-order valence-electron chi connectivity index (χ2n) is 13.4. The fraction of sp³-hybridized carbons (Fsp3) is 0.361. The van der Waals surface area contributed by atoms with Crippen molar-refractivity contribution in [2.75, 3.05) is 13.7 Å². The van der Waals surface area contributed by atoms with Crippen LogP contribution >= 0.6 is 0 Å². The summed E-state index contributed by atoms with van der Waals surface area (Å²) in [5.41, 5.74) is 12.5. The number of fused-ring (bicyclic) bond motifs is 4. The van der Waals surface area contributed by atoms with Gasteiger partial charge in [-0.3, -0.25) is 4.79 Å². The van der Waals surface area contributed by atoms with E-state index in [0.29, 0.717) is 41.8 Å². The second-order valence-corrected chi connectivity index (χ2v) is 13.4. The SMILES string of the molecule is COc1cc(C(=O)N2CC3CCC2[C@@H]3N)cc2nc(-c3cc4cccnc4n3CC3CC3)n(Cc3cnn(-c4cccc(C)n4)c3)c12. The molecule has 6 heterocycles. The summed E-state index contributed by atoms with van der Waals surface area (Å²) in [6, 6.07) is 16.1. The third-order valence-electron chi connectivity index (χ3n) is 10.3. The van der Waals surface area contributed by atoms with Gasteiger partial charge in [0.05, 0.1) is 31.1 Å². The van der Waals surface area contributed by atoms with Crippen molar-refractivity contribution in [3.8, 4) is 23.1 Å². The molecular weight excluding hydrogens is 590 g/mol. The zero-order chi connectivity index (χ0) is 31.8. The number of hydrogen-bond acceptors (Lipinski definition) is 7. The van der Waals surface area contributed by atoms with E-state index in [1.54, 1.807) is 11.8 Å². The standard InChI is InChI=1S/C36H37N9O2/c1-21-5-3-7-31(40-21)45-19-23(16-39-45)18-44-33-27(13-26(15-30(33)47-2)36(46)43-20-25-10-11-28(43)32(25)37)41-35(44)29-14-24-6-4-12-38-34(24)42(29)17-22-8-9-22/h3-7,12-16,19,22,25,28,32H,8-11,17-18,20,37H2,1-2H3/t25?,28?,32-/m1/s1. The summed E-state index contributed by atoms with van der Waals surface area (Å²) in [5, 5.41) is 5.73. The van der Waals surface area contributed by atoms with Gasteiger partial charge in [0, 0.05) is 59.8 Å². The number of piperidine rings is 1. The highest BCUT2D eigenvalue weighted by molar-refractivity contribution is 6.00. The maximum Gasteiger partial charge on any atom is 0.254 e. The highest BCUT2D eigenvalue weighted by Crippen LogP contribution is 2.40. The van der Waals surface area contributed by atoms with E-state index in [4.69, 9.17) is 20.4 Å². The number of imidazole rings is 1. The number of benzene rings is 1. The third kappa shape index (κ3) is 4.71. The summed E-state index contributed by atoms with van der Waals surface area (Å²) in [5.74, 6) is 3.16. The van der Waals surface area contributed by atoms with Crippen LogP contribution in [0.4, 0.5) is 0 Å². The van der Waals surface area contributed by atoms with Gasteiger partial charge in [-0.05, 0) is 86.9 Å². The van der Waals surface area contributed by atoms with Crippen LogP contribution in [-0.2, 0) is 13.1 Å². The number of methoxy groups -OCH3 is 1. The number of aryl methyl sites for hydroxylation is 1. The van der Waals surface area contributed by atoms with Gasteiger partial charge < -0.3 is 24.5 Å². The van der Waals surface area contributed by atoms with E-state index in [9.17, 15) is 4.79 Å². The molecule has 238 valence electrons. The molecule has 9 rings (SSSR count). The second kappa shape index (κ2) is 10.8. The first-order chi connectivity index (χ1) is 22.9. The number of carbonyl (C=O) groups excluding carboxylic acids is 1. The molecule has 1 saturated heterocycles. The lowest BCUT2D eigenvalue weighted by molar-refractivity contribution is 0.0700. The monoisotopic (exact) mass is 627 g/mol. The van der Waals surface area contributed by atoms with E-state index in [1.165, 1.54) is 12.8 Å². The number of pyridine rings is 2. The number of carbonyl (C=O) groups is 1. The van der Waals surface area contributed by atoms with Crippen molar-refractivity contribution in [2.45, 2.75) is 57.8 Å². The average Bonchev–Trinajstić information content (AvgIpc) is 3.39. The molecule has 2 unspecified atom stereocenters. The first-order valence-corrected chi connectivity index (χ1v) is 16.5. The van der Waals surface area contributed by atoms with Crippen LogP contribution in [0.3, 0.4) is 0 Å². The van der Waals surface area contributed by atoms with Crippen molar-refractivity contribution in [2.24, 2.45) is 17.6 Å². The Morgan fingerprint density at radius 3 is 2.70 bits per heavy atom. The minimum atomic E-state index is -0.0112. The summed E-state index contributed by atoms with van der Waals surface area (Å²) < 4.78 is 12.3. The van der Waals surface area contributed by atoms with Gasteiger partial charge in [0.1, 0.15) is 16.9 Å². The number of ether oxygens (including phenoxy) is 1. The Kier molecular flexibility index (Phi) is 6.46. The third-order valence-corrected chi connectivity index (χ3v) is 10.3. The Morgan fingerprint density at radius 1 is 1.04 bits per heavy atom. The zero-order valence-electron chi connectivity index (χ0n) is 26.6. The topological polar surface area (TPSA) is 122 Å². The van der Waals surface area contributed by atoms with Gasteiger partial charge in [-0.25, -0.2) is 19.6 Å². The van der Waals surface area contributed by atoms with Crippen LogP contribution < -0.4 is 10.5 Å². The molecule has 2 saturated carbocycles. The van der Waals surface area contributed by atoms with Gasteiger partial charge in [-0.15, -0.1) is 0 Å². The van der Waals surface area contributed by atoms with E-state index < -0.39 is 0 Å². The molecule has 2 aliphatic carbocycles. The van der Waals surface area contributed by atoms with Crippen molar-refractivity contribution in [1.29, 1.82) is 0 Å². The normalized spacial score (nSPS) is 20.6. The summed E-state index contributed by atoms with van der Waals surface area (Å²) in [6.07, 6.45) is 10.2. The number of rotatable bonds is 8. The Balaban J connectivity index is 1.20. The molecule has 2 N–H and O–H groups in total. The molecule has 3 aliphatic rings. The lowest BCUT2D eigenvalue weighted by Gasteiger charge is -2.27. The Labute approximate surface area is 272 Å². The predicted molar refractivity (Wildman–Crippen MR) is 178 cm³/mol. The molecule has 11 nitrogen and oxygen atoms in total. The molecule has 47 heavy (non-hydrogen) atoms. The van der Waals surface area contributed by atoms with Crippen molar-refractivity contribution in [3.05, 3.63) is 83.9 Å². The highest BCUT2D eigenvalue weighted by atomic mass is 16.5. The quantitative estimate of drug-likeness (QED) is 0.253. The van der Waals surface area contributed by atoms with E-state index in [1.807, 2.05) is 66.8 Å². The molecule has 5 aromatic heterocycles. The smallest absolute Gasteiger partial charge is 0.254 e. The van der Waals surface area contributed by atoms with Gasteiger partial charge in [0.15, 0.2) is 11.6 Å². The van der Waals surface area contributed by atoms with Crippen LogP contribution in [0.2, 0.25) is 0 Å². The summed E-state index contributed by atoms with van der Waals surface area (Å²) in [7, 11) is 1.66. The number of nitrogens with zero attached hydrogens (tertiary/aromatic N) is 8. The van der Waals surface area contributed by atoms with Gasteiger partial charge >= 0.3 is 0 Å². The molecule has 1 amide bonds. The number of likely N-dealkylation sites (tertiary alicyclic amines) is 1. The lowest BCUT2D eigenvalue weighted by atomic mass is 10.1. The van der Waals surface area contributed by atoms with Gasteiger partial charge in [0.2, 0.25) is 0 Å². The molecule has 2 bridgehead atoms. The zero-order valence-corrected chi connectivity index (χ0v) is 26.6. The minimum Gasteiger partial charge on any atom is -0.494 e. The van der Waals surface area contributed by atoms with Crippen LogP contribution in [-0.4, -0.2) is 70.4 Å². The molecule has 3 fully saturated rings. The van der Waals surface area contributed by atoms with Crippen LogP contribution in [0.5, 0.6) is 5.75 Å². The summed E-state index contributed by atoms with van der Waals surface area (Å²) in [4.78, 5) is 30.6. The van der Waals surface area contributed by atoms with Crippen LogP contribution in [0.1, 0.15) is 47.3 Å². The van der Waals surface area contributed by atoms with Crippen LogP contribution in [0.15, 0.2) is 67.1 Å². The summed E-state index contributed by atoms with van der Waals surface area (Å²) in [6.45, 7) is 4.05. The first-order valence-electron chi connectivity index (χ1n) is 16.5. The van der Waals surface area contributed by atoms with Crippen LogP contribution in [0.25, 0.3) is 39.4 Å². The molecule has 6 aromatic rings. The molecule has 1 aliphatic heterocycles. The largest absolute Gasteiger partial charge is 0.494 e. The molecule has 3 atom stereocenters. The van der Waals surface area contributed by atoms with Crippen LogP contribution in [0, 0.1) is 18.8 Å². The van der Waals surface area contributed by atoms with E-state index >= 15 is 0 Å². The van der Waals surface area contributed by atoms with E-state index in [0.717, 1.165) is 64.5 Å². The lowest BCUT2D eigenvalue weighted by Crippen LogP contribution is -2.41. The first kappa shape index (κ1) is 28.2. The predicted octanol–water partition coefficient (Wildman–Crippen LogP) is 4.97. The van der Waals surface area contributed by atoms with Gasteiger partial charge in [0.25, 0.3) is 5.91 Å². The molecule has 11 heteroatoms. The van der Waals surface area contributed by atoms with Crippen molar-refractivity contribution < 1.29 is 9.53 Å². The Bertz CT molecular complexity index is 2170. The summed E-state index contributed by atoms with van der Waals surface area (Å²) >= 11 is 0. The number of nitrogens with two attached hydrogens (primary N) is 1. The van der Waals surface area contributed by atoms with E-state index in [-0.39, 0.29) is 18.0 Å². The van der Waals surface area contributed by atoms with Crippen molar-refractivity contribution in [1.82, 2.24) is 38.8 Å². The fourth-order valence-electron chi connectivity index (χ4n) is 7.73. The Hall–Kier alpha value is -5.03. The van der Waals surface area contributed by atoms with Crippen molar-refractivity contribution >= 4 is 28.0 Å². The number of amides is 1. The maximum atomic E-state index is 14.0. The minimum absolute atomic E-state index is 0.0112. The van der Waals surface area contributed by atoms with E-state index in [2.05, 4.69) is 31.3 Å². The molecular formula is C36H37N9O2. The van der Waals surface area contributed by atoms with Crippen molar-refractivity contribution in [3.63, 3.8) is 0 Å². The number of aromatic nitrogens is 7. The average molecular weight is 628 g/mol. The fourth-order valence-corrected chi connectivity index (χ4v) is 7.73. The Morgan fingerprint density at radius 2 is 1.94 bits per heavy atom. The van der Waals surface area contributed by atoms with Gasteiger partial charge in [-0.1, -0.05) is 6.07 Å². The van der Waals surface area contributed by atoms with Gasteiger partial charge in [-0.2, -0.15) is 5.10 Å². The molecule has 0 radical (unpaired) electrons. The molecule has 1 aromatic carbocycles. The highest BCUT2D eigenvalue weighted by Gasteiger charge is 2.47.